The van der Waals surface area contributed by atoms with E-state index in [1.54, 1.807) is 48.7 Å². The SMILES string of the molecule is O=C(N/N=C/c1c(OC(=O)c2cccnc2)ccc2ccccc12)c1ccccc1. The number of rotatable bonds is 5. The Kier molecular flexibility index (Phi) is 5.57. The highest BCUT2D eigenvalue weighted by molar-refractivity contribution is 6.04. The molecule has 30 heavy (non-hydrogen) atoms. The van der Waals surface area contributed by atoms with Crippen molar-refractivity contribution < 1.29 is 14.3 Å². The van der Waals surface area contributed by atoms with Gasteiger partial charge in [-0.2, -0.15) is 5.10 Å². The fraction of sp³-hybridized carbons (Fsp3) is 0. The second kappa shape index (κ2) is 8.79. The lowest BCUT2D eigenvalue weighted by Crippen LogP contribution is -2.17. The van der Waals surface area contributed by atoms with Crippen LogP contribution in [0.15, 0.2) is 96.4 Å². The van der Waals surface area contributed by atoms with Gasteiger partial charge in [0.05, 0.1) is 11.8 Å². The number of amides is 1. The van der Waals surface area contributed by atoms with Gasteiger partial charge in [-0.1, -0.05) is 48.5 Å². The molecule has 0 aliphatic rings. The van der Waals surface area contributed by atoms with Crippen molar-refractivity contribution in [3.8, 4) is 5.75 Å². The summed E-state index contributed by atoms with van der Waals surface area (Å²) >= 11 is 0. The van der Waals surface area contributed by atoms with Crippen LogP contribution in [-0.2, 0) is 0 Å². The van der Waals surface area contributed by atoms with Gasteiger partial charge in [0.25, 0.3) is 5.91 Å². The molecule has 146 valence electrons. The number of aromatic nitrogens is 1. The van der Waals surface area contributed by atoms with Gasteiger partial charge in [0.15, 0.2) is 0 Å². The molecule has 4 rings (SSSR count). The zero-order valence-corrected chi connectivity index (χ0v) is 15.9. The summed E-state index contributed by atoms with van der Waals surface area (Å²) in [5.74, 6) is -0.525. The average Bonchev–Trinajstić information content (AvgIpc) is 2.81. The number of pyridine rings is 1. The molecule has 3 aromatic carbocycles. The van der Waals surface area contributed by atoms with Crippen molar-refractivity contribution in [2.24, 2.45) is 5.10 Å². The van der Waals surface area contributed by atoms with Crippen molar-refractivity contribution in [3.63, 3.8) is 0 Å². The first-order valence-electron chi connectivity index (χ1n) is 9.25. The molecule has 0 bridgehead atoms. The average molecular weight is 395 g/mol. The van der Waals surface area contributed by atoms with Crippen molar-refractivity contribution in [2.75, 3.05) is 0 Å². The van der Waals surface area contributed by atoms with Crippen LogP contribution >= 0.6 is 0 Å². The summed E-state index contributed by atoms with van der Waals surface area (Å²) in [6.07, 6.45) is 4.51. The van der Waals surface area contributed by atoms with Crippen LogP contribution < -0.4 is 10.2 Å². The molecule has 0 saturated carbocycles. The highest BCUT2D eigenvalue weighted by Crippen LogP contribution is 2.27. The predicted octanol–water partition coefficient (Wildman–Crippen LogP) is 4.22. The molecule has 0 aliphatic carbocycles. The van der Waals surface area contributed by atoms with E-state index in [0.29, 0.717) is 22.4 Å². The molecule has 6 nitrogen and oxygen atoms in total. The van der Waals surface area contributed by atoms with Crippen molar-refractivity contribution in [2.45, 2.75) is 0 Å². The number of nitrogens with one attached hydrogen (secondary N) is 1. The van der Waals surface area contributed by atoms with Gasteiger partial charge in [-0.25, -0.2) is 10.2 Å². The zero-order chi connectivity index (χ0) is 20.8. The Hall–Kier alpha value is -4.32. The quantitative estimate of drug-likeness (QED) is 0.237. The van der Waals surface area contributed by atoms with Gasteiger partial charge >= 0.3 is 5.97 Å². The molecule has 1 N–H and O–H groups in total. The summed E-state index contributed by atoms with van der Waals surface area (Å²) in [6, 6.07) is 23.3. The third-order valence-electron chi connectivity index (χ3n) is 4.43. The molecule has 4 aromatic rings. The number of carbonyl (C=O) groups is 2. The number of carbonyl (C=O) groups excluding carboxylic acids is 2. The number of ether oxygens (including phenoxy) is 1. The fourth-order valence-electron chi connectivity index (χ4n) is 2.95. The number of nitrogens with zero attached hydrogens (tertiary/aromatic N) is 2. The first kappa shape index (κ1) is 19.0. The van der Waals surface area contributed by atoms with E-state index in [-0.39, 0.29) is 5.91 Å². The third-order valence-corrected chi connectivity index (χ3v) is 4.43. The van der Waals surface area contributed by atoms with Crippen molar-refractivity contribution >= 4 is 28.9 Å². The van der Waals surface area contributed by atoms with Gasteiger partial charge in [-0.15, -0.1) is 0 Å². The Morgan fingerprint density at radius 3 is 2.43 bits per heavy atom. The van der Waals surface area contributed by atoms with Crippen molar-refractivity contribution in [1.29, 1.82) is 0 Å². The van der Waals surface area contributed by atoms with Crippen LogP contribution in [0.4, 0.5) is 0 Å². The van der Waals surface area contributed by atoms with E-state index >= 15 is 0 Å². The van der Waals surface area contributed by atoms with Gasteiger partial charge < -0.3 is 4.74 Å². The maximum atomic E-state index is 12.5. The minimum atomic E-state index is -0.527. The van der Waals surface area contributed by atoms with Crippen LogP contribution in [0.1, 0.15) is 26.3 Å². The maximum Gasteiger partial charge on any atom is 0.345 e. The third kappa shape index (κ3) is 4.23. The Morgan fingerprint density at radius 1 is 0.867 bits per heavy atom. The first-order chi connectivity index (χ1) is 14.7. The van der Waals surface area contributed by atoms with Crippen LogP contribution in [-0.4, -0.2) is 23.1 Å². The summed E-state index contributed by atoms with van der Waals surface area (Å²) in [5.41, 5.74) is 3.92. The number of fused-ring (bicyclic) bond motifs is 1. The lowest BCUT2D eigenvalue weighted by atomic mass is 10.0. The summed E-state index contributed by atoms with van der Waals surface area (Å²) in [5, 5.41) is 5.87. The Balaban J connectivity index is 1.64. The van der Waals surface area contributed by atoms with Gasteiger partial charge in [-0.05, 0) is 41.1 Å². The largest absolute Gasteiger partial charge is 0.422 e. The highest BCUT2D eigenvalue weighted by atomic mass is 16.5. The number of benzene rings is 3. The van der Waals surface area contributed by atoms with Gasteiger partial charge in [0, 0.05) is 23.5 Å². The van der Waals surface area contributed by atoms with Crippen molar-refractivity contribution in [1.82, 2.24) is 10.4 Å². The molecule has 0 radical (unpaired) electrons. The Bertz CT molecular complexity index is 1220. The van der Waals surface area contributed by atoms with E-state index in [9.17, 15) is 9.59 Å². The summed E-state index contributed by atoms with van der Waals surface area (Å²) in [6.45, 7) is 0. The molecule has 0 aliphatic heterocycles. The summed E-state index contributed by atoms with van der Waals surface area (Å²) in [7, 11) is 0. The predicted molar refractivity (Wildman–Crippen MR) is 115 cm³/mol. The van der Waals surface area contributed by atoms with Crippen LogP contribution in [0.25, 0.3) is 10.8 Å². The Labute approximate surface area is 172 Å². The molecule has 1 heterocycles. The monoisotopic (exact) mass is 395 g/mol. The lowest BCUT2D eigenvalue weighted by Gasteiger charge is -2.10. The molecule has 0 atom stereocenters. The minimum Gasteiger partial charge on any atom is -0.422 e. The van der Waals surface area contributed by atoms with Gasteiger partial charge in [0.2, 0.25) is 0 Å². The van der Waals surface area contributed by atoms with E-state index in [1.165, 1.54) is 12.4 Å². The number of esters is 1. The standard InChI is InChI=1S/C24H17N3O3/c28-23(18-8-2-1-3-9-18)27-26-16-21-20-11-5-4-7-17(20)12-13-22(21)30-24(29)19-10-6-14-25-15-19/h1-16H,(H,27,28)/b26-16+. The maximum absolute atomic E-state index is 12.5. The highest BCUT2D eigenvalue weighted by Gasteiger charge is 2.13. The Morgan fingerprint density at radius 2 is 1.63 bits per heavy atom. The van der Waals surface area contributed by atoms with E-state index in [0.717, 1.165) is 10.8 Å². The summed E-state index contributed by atoms with van der Waals surface area (Å²) in [4.78, 5) is 28.7. The molecule has 0 saturated heterocycles. The van der Waals surface area contributed by atoms with E-state index in [2.05, 4.69) is 15.5 Å². The molecular formula is C24H17N3O3. The van der Waals surface area contributed by atoms with Crippen LogP contribution in [0.2, 0.25) is 0 Å². The topological polar surface area (TPSA) is 80.6 Å². The second-order valence-corrected chi connectivity index (χ2v) is 6.39. The normalized spacial score (nSPS) is 10.8. The second-order valence-electron chi connectivity index (χ2n) is 6.39. The first-order valence-corrected chi connectivity index (χ1v) is 9.25. The van der Waals surface area contributed by atoms with Gasteiger partial charge in [0.1, 0.15) is 5.75 Å². The number of hydrazone groups is 1. The van der Waals surface area contributed by atoms with Gasteiger partial charge in [-0.3, -0.25) is 9.78 Å². The minimum absolute atomic E-state index is 0.332. The van der Waals surface area contributed by atoms with E-state index in [1.807, 2.05) is 36.4 Å². The van der Waals surface area contributed by atoms with Crippen LogP contribution in [0.3, 0.4) is 0 Å². The molecular weight excluding hydrogens is 378 g/mol. The fourth-order valence-corrected chi connectivity index (χ4v) is 2.95. The number of hydrogen-bond donors (Lipinski definition) is 1. The van der Waals surface area contributed by atoms with Crippen LogP contribution in [0.5, 0.6) is 5.75 Å². The van der Waals surface area contributed by atoms with Crippen LogP contribution in [0, 0.1) is 0 Å². The zero-order valence-electron chi connectivity index (χ0n) is 15.9. The molecule has 6 heteroatoms. The lowest BCUT2D eigenvalue weighted by molar-refractivity contribution is 0.0734. The molecule has 0 spiro atoms. The van der Waals surface area contributed by atoms with Crippen molar-refractivity contribution in [3.05, 3.63) is 108 Å². The molecule has 1 amide bonds. The molecule has 0 fully saturated rings. The van der Waals surface area contributed by atoms with E-state index in [4.69, 9.17) is 4.74 Å². The molecule has 0 unspecified atom stereocenters. The molecule has 1 aromatic heterocycles. The smallest absolute Gasteiger partial charge is 0.345 e. The number of hydrogen-bond acceptors (Lipinski definition) is 5. The van der Waals surface area contributed by atoms with E-state index < -0.39 is 5.97 Å². The summed E-state index contributed by atoms with van der Waals surface area (Å²) < 4.78 is 5.60.